The predicted molar refractivity (Wildman–Crippen MR) is 58.7 cm³/mol. The van der Waals surface area contributed by atoms with E-state index in [9.17, 15) is 9.59 Å². The Morgan fingerprint density at radius 1 is 1.19 bits per heavy atom. The van der Waals surface area contributed by atoms with Crippen molar-refractivity contribution in [2.24, 2.45) is 5.92 Å². The Hall–Kier alpha value is -1.32. The van der Waals surface area contributed by atoms with Crippen LogP contribution in [0.3, 0.4) is 0 Å². The van der Waals surface area contributed by atoms with E-state index in [-0.39, 0.29) is 24.0 Å². The molecule has 4 nitrogen and oxygen atoms in total. The van der Waals surface area contributed by atoms with E-state index in [0.717, 1.165) is 19.3 Å². The molecule has 0 aromatic carbocycles. The molecule has 16 heavy (non-hydrogen) atoms. The average molecular weight is 226 g/mol. The first-order chi connectivity index (χ1) is 7.59. The molecule has 1 aliphatic rings. The summed E-state index contributed by atoms with van der Waals surface area (Å²) in [6.45, 7) is 3.21. The Kier molecular flexibility index (Phi) is 5.02. The van der Waals surface area contributed by atoms with Crippen LogP contribution in [0.25, 0.3) is 0 Å². The molecule has 0 aromatic rings. The molecule has 0 saturated heterocycles. The van der Waals surface area contributed by atoms with Gasteiger partial charge in [-0.15, -0.1) is 0 Å². The molecule has 0 aliphatic heterocycles. The normalized spacial score (nSPS) is 23.9. The standard InChI is InChI=1S/C12H18O4/c1-9(13)15-8-7-11-5-3-4-6-12(11)16-10(2)14/h3-4,11-12H,5-8H2,1-2H3/t11-,12-/m1/s1. The number of esters is 2. The zero-order chi connectivity index (χ0) is 12.0. The molecule has 1 aliphatic carbocycles. The molecule has 0 aromatic heterocycles. The Balaban J connectivity index is 2.38. The van der Waals surface area contributed by atoms with Gasteiger partial charge in [0.2, 0.25) is 0 Å². The van der Waals surface area contributed by atoms with Gasteiger partial charge in [-0.2, -0.15) is 0 Å². The summed E-state index contributed by atoms with van der Waals surface area (Å²) in [5.41, 5.74) is 0. The van der Waals surface area contributed by atoms with E-state index in [1.54, 1.807) is 0 Å². The maximum atomic E-state index is 10.9. The smallest absolute Gasteiger partial charge is 0.302 e. The Bertz CT molecular complexity index is 283. The van der Waals surface area contributed by atoms with Crippen molar-refractivity contribution in [3.63, 3.8) is 0 Å². The largest absolute Gasteiger partial charge is 0.466 e. The van der Waals surface area contributed by atoms with Gasteiger partial charge in [0.1, 0.15) is 6.10 Å². The summed E-state index contributed by atoms with van der Waals surface area (Å²) in [6.07, 6.45) is 6.40. The number of ether oxygens (including phenoxy) is 2. The topological polar surface area (TPSA) is 52.6 Å². The number of hydrogen-bond acceptors (Lipinski definition) is 4. The van der Waals surface area contributed by atoms with Crippen molar-refractivity contribution >= 4 is 11.9 Å². The number of rotatable bonds is 4. The van der Waals surface area contributed by atoms with E-state index < -0.39 is 0 Å². The third kappa shape index (κ3) is 4.47. The molecule has 0 N–H and O–H groups in total. The van der Waals surface area contributed by atoms with Gasteiger partial charge in [-0.05, 0) is 12.8 Å². The van der Waals surface area contributed by atoms with Gasteiger partial charge in [0.15, 0.2) is 0 Å². The Morgan fingerprint density at radius 3 is 2.50 bits per heavy atom. The summed E-state index contributed by atoms with van der Waals surface area (Å²) in [7, 11) is 0. The summed E-state index contributed by atoms with van der Waals surface area (Å²) < 4.78 is 10.1. The first-order valence-electron chi connectivity index (χ1n) is 5.55. The van der Waals surface area contributed by atoms with Crippen LogP contribution in [0, 0.1) is 5.92 Å². The number of allylic oxidation sites excluding steroid dienone is 1. The lowest BCUT2D eigenvalue weighted by Gasteiger charge is -2.27. The van der Waals surface area contributed by atoms with Crippen molar-refractivity contribution in [3.05, 3.63) is 12.2 Å². The molecule has 0 unspecified atom stereocenters. The van der Waals surface area contributed by atoms with Gasteiger partial charge in [-0.1, -0.05) is 12.2 Å². The van der Waals surface area contributed by atoms with Crippen molar-refractivity contribution in [2.75, 3.05) is 6.61 Å². The van der Waals surface area contributed by atoms with Gasteiger partial charge in [-0.3, -0.25) is 9.59 Å². The minimum atomic E-state index is -0.268. The van der Waals surface area contributed by atoms with Crippen LogP contribution >= 0.6 is 0 Å². The van der Waals surface area contributed by atoms with E-state index >= 15 is 0 Å². The van der Waals surface area contributed by atoms with Crippen molar-refractivity contribution in [1.82, 2.24) is 0 Å². The molecule has 90 valence electrons. The predicted octanol–water partition coefficient (Wildman–Crippen LogP) is 1.84. The van der Waals surface area contributed by atoms with Crippen LogP contribution in [0.2, 0.25) is 0 Å². The lowest BCUT2D eigenvalue weighted by atomic mass is 9.89. The first kappa shape index (κ1) is 12.7. The highest BCUT2D eigenvalue weighted by atomic mass is 16.5. The number of carbonyl (C=O) groups is 2. The highest BCUT2D eigenvalue weighted by molar-refractivity contribution is 5.66. The fourth-order valence-corrected chi connectivity index (χ4v) is 1.86. The summed E-state index contributed by atoms with van der Waals surface area (Å²) >= 11 is 0. The van der Waals surface area contributed by atoms with Crippen molar-refractivity contribution in [2.45, 2.75) is 39.2 Å². The molecule has 4 heteroatoms. The fraction of sp³-hybridized carbons (Fsp3) is 0.667. The Morgan fingerprint density at radius 2 is 1.88 bits per heavy atom. The second kappa shape index (κ2) is 6.30. The number of carbonyl (C=O) groups excluding carboxylic acids is 2. The van der Waals surface area contributed by atoms with Crippen LogP contribution in [0.1, 0.15) is 33.1 Å². The van der Waals surface area contributed by atoms with E-state index in [4.69, 9.17) is 9.47 Å². The summed E-state index contributed by atoms with van der Waals surface area (Å²) in [5.74, 6) is -0.263. The van der Waals surface area contributed by atoms with Gasteiger partial charge in [0.25, 0.3) is 0 Å². The second-order valence-corrected chi connectivity index (χ2v) is 3.98. The minimum Gasteiger partial charge on any atom is -0.466 e. The average Bonchev–Trinajstić information content (AvgIpc) is 2.19. The van der Waals surface area contributed by atoms with Crippen LogP contribution in [0.15, 0.2) is 12.2 Å². The maximum Gasteiger partial charge on any atom is 0.302 e. The van der Waals surface area contributed by atoms with Crippen LogP contribution < -0.4 is 0 Å². The third-order valence-corrected chi connectivity index (χ3v) is 2.61. The fourth-order valence-electron chi connectivity index (χ4n) is 1.86. The van der Waals surface area contributed by atoms with Gasteiger partial charge < -0.3 is 9.47 Å². The van der Waals surface area contributed by atoms with Crippen molar-refractivity contribution in [1.29, 1.82) is 0 Å². The van der Waals surface area contributed by atoms with Crippen LogP contribution in [-0.2, 0) is 19.1 Å². The van der Waals surface area contributed by atoms with E-state index in [0.29, 0.717) is 6.61 Å². The van der Waals surface area contributed by atoms with Gasteiger partial charge in [0, 0.05) is 26.2 Å². The molecular formula is C12H18O4. The monoisotopic (exact) mass is 226 g/mol. The lowest BCUT2D eigenvalue weighted by molar-refractivity contribution is -0.151. The molecule has 2 atom stereocenters. The van der Waals surface area contributed by atoms with E-state index in [1.165, 1.54) is 13.8 Å². The second-order valence-electron chi connectivity index (χ2n) is 3.98. The SMILES string of the molecule is CC(=O)OCC[C@H]1CC=CC[C@H]1OC(C)=O. The van der Waals surface area contributed by atoms with E-state index in [2.05, 4.69) is 6.08 Å². The lowest BCUT2D eigenvalue weighted by Crippen LogP contribution is -2.28. The maximum absolute atomic E-state index is 10.9. The first-order valence-corrected chi connectivity index (χ1v) is 5.55. The molecule has 0 heterocycles. The summed E-state index contributed by atoms with van der Waals surface area (Å²) in [6, 6.07) is 0. The third-order valence-electron chi connectivity index (χ3n) is 2.61. The van der Waals surface area contributed by atoms with Crippen molar-refractivity contribution < 1.29 is 19.1 Å². The molecular weight excluding hydrogens is 208 g/mol. The van der Waals surface area contributed by atoms with Gasteiger partial charge >= 0.3 is 11.9 Å². The van der Waals surface area contributed by atoms with Crippen molar-refractivity contribution in [3.8, 4) is 0 Å². The molecule has 0 radical (unpaired) electrons. The van der Waals surface area contributed by atoms with Gasteiger partial charge in [-0.25, -0.2) is 0 Å². The Labute approximate surface area is 95.6 Å². The number of hydrogen-bond donors (Lipinski definition) is 0. The van der Waals surface area contributed by atoms with Crippen LogP contribution in [0.5, 0.6) is 0 Å². The van der Waals surface area contributed by atoms with Gasteiger partial charge in [0.05, 0.1) is 6.61 Å². The van der Waals surface area contributed by atoms with E-state index in [1.807, 2.05) is 6.08 Å². The molecule has 0 fully saturated rings. The molecule has 1 rings (SSSR count). The molecule has 0 saturated carbocycles. The molecule has 0 spiro atoms. The minimum absolute atomic E-state index is 0.0712. The molecule has 0 amide bonds. The quantitative estimate of drug-likeness (QED) is 0.542. The highest BCUT2D eigenvalue weighted by Crippen LogP contribution is 2.25. The zero-order valence-electron chi connectivity index (χ0n) is 9.77. The van der Waals surface area contributed by atoms with Crippen LogP contribution in [0.4, 0.5) is 0 Å². The zero-order valence-corrected chi connectivity index (χ0v) is 9.77. The summed E-state index contributed by atoms with van der Waals surface area (Å²) in [4.78, 5) is 21.5. The molecule has 0 bridgehead atoms. The highest BCUT2D eigenvalue weighted by Gasteiger charge is 2.24. The summed E-state index contributed by atoms with van der Waals surface area (Å²) in [5, 5.41) is 0. The van der Waals surface area contributed by atoms with Crippen LogP contribution in [-0.4, -0.2) is 24.6 Å².